The second-order valence-electron chi connectivity index (χ2n) is 8.04. The van der Waals surface area contributed by atoms with Gasteiger partial charge in [0.05, 0.1) is 18.5 Å². The van der Waals surface area contributed by atoms with E-state index in [2.05, 4.69) is 12.1 Å². The van der Waals surface area contributed by atoms with Crippen molar-refractivity contribution < 1.29 is 14.0 Å². The first-order chi connectivity index (χ1) is 13.5. The Morgan fingerprint density at radius 2 is 1.82 bits per heavy atom. The van der Waals surface area contributed by atoms with Gasteiger partial charge < -0.3 is 9.80 Å². The summed E-state index contributed by atoms with van der Waals surface area (Å²) in [6, 6.07) is 14.2. The summed E-state index contributed by atoms with van der Waals surface area (Å²) in [4.78, 5) is 29.8. The Labute approximate surface area is 164 Å². The van der Waals surface area contributed by atoms with E-state index in [-0.39, 0.29) is 36.1 Å². The van der Waals surface area contributed by atoms with Crippen LogP contribution in [0.15, 0.2) is 48.5 Å². The molecule has 2 aromatic rings. The smallest absolute Gasteiger partial charge is 0.242 e. The first-order valence-corrected chi connectivity index (χ1v) is 9.87. The number of piperazine rings is 1. The Morgan fingerprint density at radius 1 is 1.11 bits per heavy atom. The van der Waals surface area contributed by atoms with Gasteiger partial charge in [-0.25, -0.2) is 4.39 Å². The number of nitrogens with zero attached hydrogens (tertiary/aromatic N) is 2. The molecule has 28 heavy (non-hydrogen) atoms. The lowest BCUT2D eigenvalue weighted by Crippen LogP contribution is -2.56. The topological polar surface area (TPSA) is 40.6 Å². The molecule has 5 heteroatoms. The summed E-state index contributed by atoms with van der Waals surface area (Å²) in [6.07, 6.45) is 0.858. The van der Waals surface area contributed by atoms with Crippen molar-refractivity contribution in [2.24, 2.45) is 5.92 Å². The molecular weight excluding hydrogens is 355 g/mol. The summed E-state index contributed by atoms with van der Waals surface area (Å²) in [5.74, 6) is -0.719. The summed E-state index contributed by atoms with van der Waals surface area (Å²) >= 11 is 0. The lowest BCUT2D eigenvalue weighted by Gasteiger charge is -2.45. The zero-order valence-electron chi connectivity index (χ0n) is 16.3. The van der Waals surface area contributed by atoms with E-state index >= 15 is 0 Å². The third-order valence-electron chi connectivity index (χ3n) is 5.93. The van der Waals surface area contributed by atoms with Crippen LogP contribution in [-0.2, 0) is 16.0 Å². The Balaban J connectivity index is 1.63. The molecule has 0 N–H and O–H groups in total. The molecule has 4 nitrogen and oxygen atoms in total. The minimum absolute atomic E-state index is 0.000662. The molecule has 2 aromatic carbocycles. The molecule has 0 radical (unpaired) electrons. The Bertz CT molecular complexity index is 894. The van der Waals surface area contributed by atoms with Crippen LogP contribution in [-0.4, -0.2) is 41.2 Å². The largest absolute Gasteiger partial charge is 0.332 e. The first-order valence-electron chi connectivity index (χ1n) is 9.87. The van der Waals surface area contributed by atoms with Crippen LogP contribution in [0.1, 0.15) is 42.5 Å². The molecule has 2 atom stereocenters. The molecule has 2 heterocycles. The fourth-order valence-corrected chi connectivity index (χ4v) is 4.52. The SMILES string of the molecule is CC(C)C(C(=O)N1CC(=O)N2CCc3ccccc3C2C1)c1ccc(F)cc1. The number of carbonyl (C=O) groups is 2. The van der Waals surface area contributed by atoms with E-state index in [1.54, 1.807) is 17.0 Å². The first kappa shape index (κ1) is 18.7. The van der Waals surface area contributed by atoms with Gasteiger partial charge in [0.15, 0.2) is 0 Å². The molecule has 0 aromatic heterocycles. The number of hydrogen-bond acceptors (Lipinski definition) is 2. The standard InChI is InChI=1S/C23H25FN2O2/c1-15(2)22(17-7-9-18(24)10-8-17)23(28)25-13-20-19-6-4-3-5-16(19)11-12-26(20)21(27)14-25/h3-10,15,20,22H,11-14H2,1-2H3. The predicted octanol–water partition coefficient (Wildman–Crippen LogP) is 3.53. The van der Waals surface area contributed by atoms with E-state index in [0.29, 0.717) is 13.1 Å². The molecule has 0 bridgehead atoms. The summed E-state index contributed by atoms with van der Waals surface area (Å²) < 4.78 is 13.3. The molecule has 0 aliphatic carbocycles. The van der Waals surface area contributed by atoms with Gasteiger partial charge in [0.1, 0.15) is 5.82 Å². The van der Waals surface area contributed by atoms with Gasteiger partial charge in [-0.3, -0.25) is 9.59 Å². The quantitative estimate of drug-likeness (QED) is 0.817. The van der Waals surface area contributed by atoms with Crippen molar-refractivity contribution >= 4 is 11.8 Å². The maximum Gasteiger partial charge on any atom is 0.242 e. The van der Waals surface area contributed by atoms with Gasteiger partial charge in [-0.2, -0.15) is 0 Å². The highest BCUT2D eigenvalue weighted by molar-refractivity contribution is 5.90. The average molecular weight is 380 g/mol. The summed E-state index contributed by atoms with van der Waals surface area (Å²) in [7, 11) is 0. The summed E-state index contributed by atoms with van der Waals surface area (Å²) in [5, 5.41) is 0. The van der Waals surface area contributed by atoms with Gasteiger partial charge in [-0.05, 0) is 41.2 Å². The van der Waals surface area contributed by atoms with Gasteiger partial charge in [0, 0.05) is 13.1 Å². The van der Waals surface area contributed by atoms with Crippen molar-refractivity contribution in [2.75, 3.05) is 19.6 Å². The van der Waals surface area contributed by atoms with Gasteiger partial charge in [-0.15, -0.1) is 0 Å². The lowest BCUT2D eigenvalue weighted by atomic mass is 9.86. The highest BCUT2D eigenvalue weighted by atomic mass is 19.1. The van der Waals surface area contributed by atoms with Crippen LogP contribution in [0.25, 0.3) is 0 Å². The molecule has 0 spiro atoms. The Hall–Kier alpha value is -2.69. The minimum atomic E-state index is -0.390. The van der Waals surface area contributed by atoms with E-state index in [1.807, 2.05) is 30.9 Å². The zero-order chi connectivity index (χ0) is 19.8. The Morgan fingerprint density at radius 3 is 2.54 bits per heavy atom. The molecule has 146 valence electrons. The van der Waals surface area contributed by atoms with Gasteiger partial charge >= 0.3 is 0 Å². The number of fused-ring (bicyclic) bond motifs is 3. The normalized spacial score (nSPS) is 20.0. The van der Waals surface area contributed by atoms with Crippen molar-refractivity contribution in [1.82, 2.24) is 9.80 Å². The maximum atomic E-state index is 13.4. The van der Waals surface area contributed by atoms with Crippen LogP contribution in [0.2, 0.25) is 0 Å². The van der Waals surface area contributed by atoms with E-state index in [4.69, 9.17) is 0 Å². The maximum absolute atomic E-state index is 13.4. The second kappa shape index (κ2) is 7.38. The van der Waals surface area contributed by atoms with Crippen molar-refractivity contribution in [2.45, 2.75) is 32.2 Å². The molecule has 2 amide bonds. The van der Waals surface area contributed by atoms with Crippen molar-refractivity contribution in [1.29, 1.82) is 0 Å². The third-order valence-corrected chi connectivity index (χ3v) is 5.93. The molecule has 0 saturated carbocycles. The number of benzene rings is 2. The van der Waals surface area contributed by atoms with Crippen LogP contribution in [0.4, 0.5) is 4.39 Å². The summed E-state index contributed by atoms with van der Waals surface area (Å²) in [6.45, 7) is 5.29. The van der Waals surface area contributed by atoms with E-state index in [9.17, 15) is 14.0 Å². The highest BCUT2D eigenvalue weighted by Gasteiger charge is 2.40. The van der Waals surface area contributed by atoms with Crippen molar-refractivity contribution in [3.63, 3.8) is 0 Å². The highest BCUT2D eigenvalue weighted by Crippen LogP contribution is 2.35. The minimum Gasteiger partial charge on any atom is -0.332 e. The van der Waals surface area contributed by atoms with Crippen LogP contribution in [0.5, 0.6) is 0 Å². The molecule has 4 rings (SSSR count). The molecule has 2 aliphatic rings. The lowest BCUT2D eigenvalue weighted by molar-refractivity contribution is -0.150. The van der Waals surface area contributed by atoms with E-state index < -0.39 is 5.92 Å². The third kappa shape index (κ3) is 3.30. The number of halogens is 1. The average Bonchev–Trinajstić information content (AvgIpc) is 2.69. The number of rotatable bonds is 3. The van der Waals surface area contributed by atoms with Crippen molar-refractivity contribution in [3.05, 3.63) is 71.0 Å². The molecule has 2 unspecified atom stereocenters. The molecular formula is C23H25FN2O2. The van der Waals surface area contributed by atoms with E-state index in [0.717, 1.165) is 17.5 Å². The van der Waals surface area contributed by atoms with Crippen molar-refractivity contribution in [3.8, 4) is 0 Å². The fourth-order valence-electron chi connectivity index (χ4n) is 4.52. The predicted molar refractivity (Wildman–Crippen MR) is 105 cm³/mol. The van der Waals surface area contributed by atoms with E-state index in [1.165, 1.54) is 17.7 Å². The number of hydrogen-bond donors (Lipinski definition) is 0. The van der Waals surface area contributed by atoms with Gasteiger partial charge in [0.2, 0.25) is 11.8 Å². The van der Waals surface area contributed by atoms with Crippen LogP contribution in [0, 0.1) is 11.7 Å². The number of amides is 2. The van der Waals surface area contributed by atoms with Crippen LogP contribution >= 0.6 is 0 Å². The monoisotopic (exact) mass is 380 g/mol. The summed E-state index contributed by atoms with van der Waals surface area (Å²) in [5.41, 5.74) is 3.19. The van der Waals surface area contributed by atoms with Gasteiger partial charge in [0.25, 0.3) is 0 Å². The molecule has 1 fully saturated rings. The molecule has 2 aliphatic heterocycles. The Kier molecular flexibility index (Phi) is 4.92. The molecule has 1 saturated heterocycles. The number of carbonyl (C=O) groups excluding carboxylic acids is 2. The second-order valence-corrected chi connectivity index (χ2v) is 8.04. The zero-order valence-corrected chi connectivity index (χ0v) is 16.3. The van der Waals surface area contributed by atoms with Crippen LogP contribution < -0.4 is 0 Å². The fraction of sp³-hybridized carbons (Fsp3) is 0.391. The van der Waals surface area contributed by atoms with Gasteiger partial charge in [-0.1, -0.05) is 50.2 Å². The van der Waals surface area contributed by atoms with Crippen LogP contribution in [0.3, 0.4) is 0 Å².